The first-order valence-corrected chi connectivity index (χ1v) is 7.00. The van der Waals surface area contributed by atoms with E-state index in [0.717, 1.165) is 18.1 Å². The van der Waals surface area contributed by atoms with Crippen molar-refractivity contribution < 1.29 is 0 Å². The monoisotopic (exact) mass is 258 g/mol. The second-order valence-corrected chi connectivity index (χ2v) is 5.22. The van der Waals surface area contributed by atoms with Crippen LogP contribution in [0.4, 0.5) is 0 Å². The Morgan fingerprint density at radius 2 is 2.00 bits per heavy atom. The number of benzene rings is 1. The van der Waals surface area contributed by atoms with E-state index in [1.54, 1.807) is 11.8 Å². The summed E-state index contributed by atoms with van der Waals surface area (Å²) in [5.74, 6) is 0. The maximum atomic E-state index is 4.55. The van der Waals surface area contributed by atoms with Gasteiger partial charge in [0.15, 0.2) is 0 Å². The Bertz CT molecular complexity index is 497. The SMILES string of the molecule is CCNCc1cnc(Sc2ccccc2)c(C)c1. The molecule has 0 saturated heterocycles. The summed E-state index contributed by atoms with van der Waals surface area (Å²) in [6.45, 7) is 6.10. The quantitative estimate of drug-likeness (QED) is 0.886. The van der Waals surface area contributed by atoms with E-state index in [-0.39, 0.29) is 0 Å². The number of aryl methyl sites for hydroxylation is 1. The Kier molecular flexibility index (Phi) is 4.79. The lowest BCUT2D eigenvalue weighted by Crippen LogP contribution is -2.12. The van der Waals surface area contributed by atoms with Gasteiger partial charge in [0, 0.05) is 17.6 Å². The molecule has 2 rings (SSSR count). The molecule has 0 spiro atoms. The lowest BCUT2D eigenvalue weighted by Gasteiger charge is -2.07. The van der Waals surface area contributed by atoms with E-state index in [2.05, 4.69) is 54.5 Å². The summed E-state index contributed by atoms with van der Waals surface area (Å²) in [5.41, 5.74) is 2.48. The van der Waals surface area contributed by atoms with Crippen molar-refractivity contribution in [2.24, 2.45) is 0 Å². The Morgan fingerprint density at radius 1 is 1.22 bits per heavy atom. The number of rotatable bonds is 5. The predicted molar refractivity (Wildman–Crippen MR) is 76.9 cm³/mol. The molecule has 2 nitrogen and oxygen atoms in total. The predicted octanol–water partition coefficient (Wildman–Crippen LogP) is 3.65. The van der Waals surface area contributed by atoms with Crippen LogP contribution >= 0.6 is 11.8 Å². The van der Waals surface area contributed by atoms with Gasteiger partial charge in [-0.1, -0.05) is 43.0 Å². The first-order valence-electron chi connectivity index (χ1n) is 6.18. The van der Waals surface area contributed by atoms with Crippen LogP contribution in [0.15, 0.2) is 52.5 Å². The summed E-state index contributed by atoms with van der Waals surface area (Å²) in [7, 11) is 0. The van der Waals surface area contributed by atoms with Gasteiger partial charge in [0.25, 0.3) is 0 Å². The molecule has 0 amide bonds. The smallest absolute Gasteiger partial charge is 0.104 e. The molecule has 0 fully saturated rings. The zero-order valence-corrected chi connectivity index (χ0v) is 11.6. The molecule has 0 aliphatic carbocycles. The average molecular weight is 258 g/mol. The fraction of sp³-hybridized carbons (Fsp3) is 0.267. The van der Waals surface area contributed by atoms with Gasteiger partial charge >= 0.3 is 0 Å². The lowest BCUT2D eigenvalue weighted by molar-refractivity contribution is 0.721. The third-order valence-electron chi connectivity index (χ3n) is 2.62. The molecule has 18 heavy (non-hydrogen) atoms. The van der Waals surface area contributed by atoms with Gasteiger partial charge in [-0.05, 0) is 36.7 Å². The summed E-state index contributed by atoms with van der Waals surface area (Å²) in [4.78, 5) is 5.78. The van der Waals surface area contributed by atoms with E-state index >= 15 is 0 Å². The summed E-state index contributed by atoms with van der Waals surface area (Å²) < 4.78 is 0. The molecule has 1 aromatic heterocycles. The van der Waals surface area contributed by atoms with E-state index in [1.165, 1.54) is 16.0 Å². The number of aromatic nitrogens is 1. The van der Waals surface area contributed by atoms with Crippen LogP contribution in [-0.4, -0.2) is 11.5 Å². The van der Waals surface area contributed by atoms with Crippen molar-refractivity contribution in [1.82, 2.24) is 10.3 Å². The Hall–Kier alpha value is -1.32. The fourth-order valence-electron chi connectivity index (χ4n) is 1.69. The van der Waals surface area contributed by atoms with Crippen molar-refractivity contribution in [3.8, 4) is 0 Å². The molecule has 1 N–H and O–H groups in total. The molecule has 0 radical (unpaired) electrons. The van der Waals surface area contributed by atoms with E-state index in [4.69, 9.17) is 0 Å². The van der Waals surface area contributed by atoms with Gasteiger partial charge in [0.1, 0.15) is 5.03 Å². The average Bonchev–Trinajstić information content (AvgIpc) is 2.40. The fourth-order valence-corrected chi connectivity index (χ4v) is 2.54. The number of hydrogen-bond donors (Lipinski definition) is 1. The molecule has 3 heteroatoms. The summed E-state index contributed by atoms with van der Waals surface area (Å²) in [6, 6.07) is 12.6. The standard InChI is InChI=1S/C15H18N2S/c1-3-16-10-13-9-12(2)15(17-11-13)18-14-7-5-4-6-8-14/h4-9,11,16H,3,10H2,1-2H3. The highest BCUT2D eigenvalue weighted by molar-refractivity contribution is 7.99. The Labute approximate surface area is 113 Å². The topological polar surface area (TPSA) is 24.9 Å². The Morgan fingerprint density at radius 3 is 2.67 bits per heavy atom. The maximum Gasteiger partial charge on any atom is 0.104 e. The molecule has 0 aliphatic heterocycles. The number of nitrogens with zero attached hydrogens (tertiary/aromatic N) is 1. The van der Waals surface area contributed by atoms with Crippen molar-refractivity contribution >= 4 is 11.8 Å². The second kappa shape index (κ2) is 6.57. The third kappa shape index (κ3) is 3.59. The second-order valence-electron chi connectivity index (χ2n) is 4.16. The zero-order chi connectivity index (χ0) is 12.8. The molecule has 0 atom stereocenters. The van der Waals surface area contributed by atoms with Crippen LogP contribution in [0.25, 0.3) is 0 Å². The van der Waals surface area contributed by atoms with Crippen molar-refractivity contribution in [2.45, 2.75) is 30.3 Å². The first kappa shape index (κ1) is 13.1. The molecule has 0 bridgehead atoms. The number of hydrogen-bond acceptors (Lipinski definition) is 3. The van der Waals surface area contributed by atoms with Crippen LogP contribution in [-0.2, 0) is 6.54 Å². The number of nitrogens with one attached hydrogen (secondary N) is 1. The summed E-state index contributed by atoms with van der Waals surface area (Å²) in [5, 5.41) is 4.40. The van der Waals surface area contributed by atoms with Gasteiger partial charge in [-0.2, -0.15) is 0 Å². The van der Waals surface area contributed by atoms with Gasteiger partial charge in [-0.25, -0.2) is 4.98 Å². The maximum absolute atomic E-state index is 4.55. The number of pyridine rings is 1. The lowest BCUT2D eigenvalue weighted by atomic mass is 10.2. The summed E-state index contributed by atoms with van der Waals surface area (Å²) in [6.07, 6.45) is 1.96. The molecule has 0 aliphatic rings. The van der Waals surface area contributed by atoms with Crippen molar-refractivity contribution in [1.29, 1.82) is 0 Å². The highest BCUT2D eigenvalue weighted by Crippen LogP contribution is 2.28. The van der Waals surface area contributed by atoms with Crippen LogP contribution in [0.1, 0.15) is 18.1 Å². The minimum Gasteiger partial charge on any atom is -0.313 e. The minimum absolute atomic E-state index is 0.890. The first-order chi connectivity index (χ1) is 8.79. The van der Waals surface area contributed by atoms with Crippen LogP contribution < -0.4 is 5.32 Å². The normalized spacial score (nSPS) is 10.6. The Balaban J connectivity index is 2.10. The molecule has 1 aromatic carbocycles. The molecular weight excluding hydrogens is 240 g/mol. The highest BCUT2D eigenvalue weighted by atomic mass is 32.2. The third-order valence-corrected chi connectivity index (χ3v) is 3.75. The minimum atomic E-state index is 0.890. The van der Waals surface area contributed by atoms with E-state index in [0.29, 0.717) is 0 Å². The van der Waals surface area contributed by atoms with Gasteiger partial charge in [0.05, 0.1) is 0 Å². The molecule has 1 heterocycles. The largest absolute Gasteiger partial charge is 0.313 e. The van der Waals surface area contributed by atoms with Gasteiger partial charge in [-0.15, -0.1) is 0 Å². The van der Waals surface area contributed by atoms with Crippen LogP contribution in [0.3, 0.4) is 0 Å². The zero-order valence-electron chi connectivity index (χ0n) is 10.8. The van der Waals surface area contributed by atoms with E-state index in [9.17, 15) is 0 Å². The van der Waals surface area contributed by atoms with Crippen molar-refractivity contribution in [3.05, 3.63) is 53.7 Å². The molecule has 0 unspecified atom stereocenters. The molecule has 94 valence electrons. The van der Waals surface area contributed by atoms with Crippen LogP contribution in [0.5, 0.6) is 0 Å². The van der Waals surface area contributed by atoms with Crippen molar-refractivity contribution in [2.75, 3.05) is 6.54 Å². The van der Waals surface area contributed by atoms with Crippen LogP contribution in [0.2, 0.25) is 0 Å². The van der Waals surface area contributed by atoms with Gasteiger partial charge in [-0.3, -0.25) is 0 Å². The van der Waals surface area contributed by atoms with Crippen molar-refractivity contribution in [3.63, 3.8) is 0 Å². The van der Waals surface area contributed by atoms with Gasteiger partial charge in [0.2, 0.25) is 0 Å². The molecule has 0 saturated carbocycles. The molecule has 2 aromatic rings. The van der Waals surface area contributed by atoms with E-state index in [1.807, 2.05) is 12.3 Å². The van der Waals surface area contributed by atoms with Gasteiger partial charge < -0.3 is 5.32 Å². The molecular formula is C15H18N2S. The highest BCUT2D eigenvalue weighted by Gasteiger charge is 2.03. The van der Waals surface area contributed by atoms with E-state index < -0.39 is 0 Å². The summed E-state index contributed by atoms with van der Waals surface area (Å²) >= 11 is 1.72. The van der Waals surface area contributed by atoms with Crippen LogP contribution in [0, 0.1) is 6.92 Å².